The highest BCUT2D eigenvalue weighted by Crippen LogP contribution is 2.36. The second-order valence-corrected chi connectivity index (χ2v) is 8.07. The van der Waals surface area contributed by atoms with E-state index in [1.54, 1.807) is 37.7 Å². The summed E-state index contributed by atoms with van der Waals surface area (Å²) in [5.74, 6) is 0.261. The van der Waals surface area contributed by atoms with Crippen molar-refractivity contribution in [2.45, 2.75) is 24.3 Å². The van der Waals surface area contributed by atoms with Crippen LogP contribution < -0.4 is 9.04 Å². The Labute approximate surface area is 152 Å². The van der Waals surface area contributed by atoms with Crippen LogP contribution in [0.1, 0.15) is 12.5 Å². The summed E-state index contributed by atoms with van der Waals surface area (Å²) in [6.45, 7) is 2.52. The van der Waals surface area contributed by atoms with Gasteiger partial charge in [-0.3, -0.25) is 9.29 Å². The summed E-state index contributed by atoms with van der Waals surface area (Å²) in [7, 11) is -2.25. The van der Waals surface area contributed by atoms with Gasteiger partial charge in [0.25, 0.3) is 10.0 Å². The Hall–Kier alpha value is -1.83. The van der Waals surface area contributed by atoms with Gasteiger partial charge in [-0.2, -0.15) is 0 Å². The van der Waals surface area contributed by atoms with Crippen LogP contribution in [0.15, 0.2) is 41.6 Å². The van der Waals surface area contributed by atoms with Gasteiger partial charge in [0.1, 0.15) is 16.7 Å². The number of nitrogens with zero attached hydrogens (tertiary/aromatic N) is 2. The molecule has 1 aliphatic rings. The van der Waals surface area contributed by atoms with Crippen LogP contribution in [0.3, 0.4) is 0 Å². The van der Waals surface area contributed by atoms with E-state index < -0.39 is 10.0 Å². The number of sulfonamides is 1. The van der Waals surface area contributed by atoms with Gasteiger partial charge in [0, 0.05) is 31.1 Å². The van der Waals surface area contributed by atoms with Crippen LogP contribution in [-0.4, -0.2) is 39.8 Å². The summed E-state index contributed by atoms with van der Waals surface area (Å²) in [6, 6.07) is 6.31. The number of rotatable bonds is 6. The number of fused-ring (bicyclic) bond motifs is 1. The molecule has 8 heteroatoms. The lowest BCUT2D eigenvalue weighted by Crippen LogP contribution is -2.30. The summed E-state index contributed by atoms with van der Waals surface area (Å²) < 4.78 is 38.7. The molecule has 1 aromatic carbocycles. The van der Waals surface area contributed by atoms with E-state index in [0.717, 1.165) is 5.56 Å². The molecule has 1 atom stereocenters. The summed E-state index contributed by atoms with van der Waals surface area (Å²) in [5, 5.41) is 0.333. The number of benzene rings is 1. The van der Waals surface area contributed by atoms with Gasteiger partial charge in [0.05, 0.1) is 12.3 Å². The molecule has 2 heterocycles. The Balaban J connectivity index is 2.02. The molecule has 1 unspecified atom stereocenters. The fraction of sp³-hybridized carbons (Fsp3) is 0.353. The van der Waals surface area contributed by atoms with Gasteiger partial charge in [-0.25, -0.2) is 8.42 Å². The molecule has 25 heavy (non-hydrogen) atoms. The van der Waals surface area contributed by atoms with E-state index in [2.05, 4.69) is 4.98 Å². The minimum Gasteiger partial charge on any atom is -0.487 e. The van der Waals surface area contributed by atoms with Crippen molar-refractivity contribution in [2.75, 3.05) is 24.6 Å². The number of methoxy groups -OCH3 is 1. The maximum absolute atomic E-state index is 13.2. The topological polar surface area (TPSA) is 68.7 Å². The molecule has 1 aliphatic heterocycles. The molecule has 0 saturated heterocycles. The summed E-state index contributed by atoms with van der Waals surface area (Å²) in [4.78, 5) is 4.10. The smallest absolute Gasteiger partial charge is 0.268 e. The van der Waals surface area contributed by atoms with Crippen LogP contribution in [0.25, 0.3) is 0 Å². The molecule has 0 radical (unpaired) electrons. The Morgan fingerprint density at radius 1 is 1.36 bits per heavy atom. The molecule has 6 nitrogen and oxygen atoms in total. The molecule has 3 rings (SSSR count). The van der Waals surface area contributed by atoms with Crippen LogP contribution in [0.4, 0.5) is 5.69 Å². The first-order valence-corrected chi connectivity index (χ1v) is 9.66. The number of anilines is 1. The highest BCUT2D eigenvalue weighted by molar-refractivity contribution is 7.93. The van der Waals surface area contributed by atoms with E-state index in [4.69, 9.17) is 21.1 Å². The third-order valence-corrected chi connectivity index (χ3v) is 6.00. The quantitative estimate of drug-likeness (QED) is 0.768. The molecule has 0 N–H and O–H groups in total. The lowest BCUT2D eigenvalue weighted by molar-refractivity contribution is 0.0901. The maximum Gasteiger partial charge on any atom is 0.268 e. The fourth-order valence-corrected chi connectivity index (χ4v) is 4.72. The first-order chi connectivity index (χ1) is 11.9. The monoisotopic (exact) mass is 382 g/mol. The van der Waals surface area contributed by atoms with Gasteiger partial charge in [-0.05, 0) is 43.2 Å². The molecule has 0 amide bonds. The third kappa shape index (κ3) is 3.58. The van der Waals surface area contributed by atoms with E-state index in [1.165, 1.54) is 10.4 Å². The first kappa shape index (κ1) is 18.0. The van der Waals surface area contributed by atoms with Gasteiger partial charge in [0.15, 0.2) is 0 Å². The lowest BCUT2D eigenvalue weighted by Gasteiger charge is -2.23. The van der Waals surface area contributed by atoms with Crippen LogP contribution in [0.2, 0.25) is 5.02 Å². The first-order valence-electron chi connectivity index (χ1n) is 7.84. The van der Waals surface area contributed by atoms with Gasteiger partial charge in [-0.1, -0.05) is 11.6 Å². The molecule has 1 aromatic heterocycles. The second kappa shape index (κ2) is 7.19. The van der Waals surface area contributed by atoms with E-state index >= 15 is 0 Å². The fourth-order valence-electron chi connectivity index (χ4n) is 2.83. The Kier molecular flexibility index (Phi) is 5.17. The number of ether oxygens (including phenoxy) is 2. The van der Waals surface area contributed by atoms with Gasteiger partial charge in [0.2, 0.25) is 0 Å². The van der Waals surface area contributed by atoms with Crippen molar-refractivity contribution in [1.29, 1.82) is 0 Å². The van der Waals surface area contributed by atoms with Crippen molar-refractivity contribution in [3.63, 3.8) is 0 Å². The van der Waals surface area contributed by atoms with Crippen molar-refractivity contribution >= 4 is 27.3 Å². The zero-order valence-electron chi connectivity index (χ0n) is 14.0. The molecule has 134 valence electrons. The predicted octanol–water partition coefficient (Wildman–Crippen LogP) is 2.90. The summed E-state index contributed by atoms with van der Waals surface area (Å²) in [5.41, 5.74) is 1.55. The standard InChI is InChI=1S/C17H19ClN2O4S/c1-12(11-23-2)24-16-4-3-14(18)9-17(16)25(21,22)20-8-6-13-10-19-7-5-15(13)20/h3-5,7,9-10,12H,6,8,11H2,1-2H3. The minimum atomic E-state index is -3.81. The summed E-state index contributed by atoms with van der Waals surface area (Å²) >= 11 is 6.05. The number of halogens is 1. The Morgan fingerprint density at radius 3 is 2.92 bits per heavy atom. The minimum absolute atomic E-state index is 0.0487. The normalized spacial score (nSPS) is 15.1. The van der Waals surface area contributed by atoms with Gasteiger partial charge >= 0.3 is 0 Å². The van der Waals surface area contributed by atoms with E-state index in [-0.39, 0.29) is 16.7 Å². The van der Waals surface area contributed by atoms with Crippen molar-refractivity contribution in [2.24, 2.45) is 0 Å². The number of aromatic nitrogens is 1. The second-order valence-electron chi connectivity index (χ2n) is 5.81. The van der Waals surface area contributed by atoms with Crippen LogP contribution in [0.5, 0.6) is 5.75 Å². The molecular formula is C17H19ClN2O4S. The number of pyridine rings is 1. The molecule has 0 spiro atoms. The molecule has 0 aliphatic carbocycles. The van der Waals surface area contributed by atoms with Crippen LogP contribution >= 0.6 is 11.6 Å². The highest BCUT2D eigenvalue weighted by Gasteiger charge is 2.33. The highest BCUT2D eigenvalue weighted by atomic mass is 35.5. The van der Waals surface area contributed by atoms with Gasteiger partial charge in [-0.15, -0.1) is 0 Å². The van der Waals surface area contributed by atoms with E-state index in [1.807, 2.05) is 6.92 Å². The Bertz CT molecular complexity index is 873. The van der Waals surface area contributed by atoms with Crippen molar-refractivity contribution in [1.82, 2.24) is 4.98 Å². The van der Waals surface area contributed by atoms with Gasteiger partial charge < -0.3 is 9.47 Å². The maximum atomic E-state index is 13.2. The predicted molar refractivity (Wildman–Crippen MR) is 95.9 cm³/mol. The average molecular weight is 383 g/mol. The number of hydrogen-bond acceptors (Lipinski definition) is 5. The van der Waals surface area contributed by atoms with E-state index in [0.29, 0.717) is 30.3 Å². The molecule has 0 bridgehead atoms. The molecule has 2 aromatic rings. The molecule has 0 fully saturated rings. The molecular weight excluding hydrogens is 364 g/mol. The van der Waals surface area contributed by atoms with Crippen LogP contribution in [-0.2, 0) is 21.2 Å². The van der Waals surface area contributed by atoms with Crippen molar-refractivity contribution in [3.8, 4) is 5.75 Å². The Morgan fingerprint density at radius 2 is 2.16 bits per heavy atom. The SMILES string of the molecule is COCC(C)Oc1ccc(Cl)cc1S(=O)(=O)N1CCc2cnccc21. The zero-order valence-corrected chi connectivity index (χ0v) is 15.5. The third-order valence-electron chi connectivity index (χ3n) is 3.93. The lowest BCUT2D eigenvalue weighted by atomic mass is 10.2. The number of hydrogen-bond donors (Lipinski definition) is 0. The summed E-state index contributed by atoms with van der Waals surface area (Å²) in [6.07, 6.45) is 3.61. The molecule has 0 saturated carbocycles. The largest absolute Gasteiger partial charge is 0.487 e. The van der Waals surface area contributed by atoms with Crippen LogP contribution in [0, 0.1) is 0 Å². The zero-order chi connectivity index (χ0) is 18.0. The van der Waals surface area contributed by atoms with Crippen molar-refractivity contribution < 1.29 is 17.9 Å². The van der Waals surface area contributed by atoms with Crippen molar-refractivity contribution in [3.05, 3.63) is 47.2 Å². The average Bonchev–Trinajstić information content (AvgIpc) is 3.01. The van der Waals surface area contributed by atoms with E-state index in [9.17, 15) is 8.42 Å².